The van der Waals surface area contributed by atoms with E-state index in [0.717, 1.165) is 6.07 Å². The Morgan fingerprint density at radius 1 is 1.15 bits per heavy atom. The van der Waals surface area contributed by atoms with Crippen molar-refractivity contribution in [3.05, 3.63) is 48.5 Å². The first-order valence-electron chi connectivity index (χ1n) is 9.61. The highest BCUT2D eigenvalue weighted by Gasteiger charge is 2.32. The number of aromatic amines is 1. The summed E-state index contributed by atoms with van der Waals surface area (Å²) in [7, 11) is 1.50. The number of H-pyrrole nitrogens is 1. The molecule has 0 spiro atoms. The van der Waals surface area contributed by atoms with Crippen LogP contribution in [-0.2, 0) is 15.7 Å². The number of ether oxygens (including phenoxy) is 1. The number of pyridine rings is 2. The molecule has 0 aliphatic carbocycles. The van der Waals surface area contributed by atoms with Gasteiger partial charge in [-0.25, -0.2) is 24.9 Å². The van der Waals surface area contributed by atoms with Crippen LogP contribution in [0.3, 0.4) is 0 Å². The highest BCUT2D eigenvalue weighted by Crippen LogP contribution is 2.30. The third-order valence-electron chi connectivity index (χ3n) is 4.38. The number of imidazole rings is 1. The van der Waals surface area contributed by atoms with E-state index >= 15 is 0 Å². The second kappa shape index (κ2) is 9.16. The van der Waals surface area contributed by atoms with Gasteiger partial charge in [-0.05, 0) is 18.2 Å². The summed E-state index contributed by atoms with van der Waals surface area (Å²) in [5.74, 6) is 0.258. The summed E-state index contributed by atoms with van der Waals surface area (Å²) in [5, 5.41) is 5.71. The summed E-state index contributed by atoms with van der Waals surface area (Å²) in [6.07, 6.45) is -1.56. The van der Waals surface area contributed by atoms with Crippen LogP contribution in [0.25, 0.3) is 22.7 Å². The zero-order valence-corrected chi connectivity index (χ0v) is 17.1. The minimum atomic E-state index is -4.60. The maximum absolute atomic E-state index is 13.1. The summed E-state index contributed by atoms with van der Waals surface area (Å²) in [5.41, 5.74) is 0.0866. The number of hydrogen-bond donors (Lipinski definition) is 3. The number of halogens is 3. The molecule has 4 heterocycles. The molecule has 0 saturated heterocycles. The highest BCUT2D eigenvalue weighted by atomic mass is 19.4. The molecule has 10 nitrogen and oxygen atoms in total. The standard InChI is InChI=1S/C20H17F3N8O2/c1-33-8-6-15(32)29-14-9-11(5-7-24-14)27-19-16-18(26-10-25-16)30-17(31-19)12-3-2-4-13(28-12)20(21,22)23/h2-5,7,9-10H,6,8H2,1H3,(H3,24,25,26,27,29,30,31,32). The van der Waals surface area contributed by atoms with E-state index in [2.05, 4.69) is 40.5 Å². The van der Waals surface area contributed by atoms with E-state index in [-0.39, 0.29) is 41.9 Å². The van der Waals surface area contributed by atoms with Crippen molar-refractivity contribution >= 4 is 34.4 Å². The Kier molecular flexibility index (Phi) is 6.13. The summed E-state index contributed by atoms with van der Waals surface area (Å²) >= 11 is 0. The van der Waals surface area contributed by atoms with Gasteiger partial charge in [-0.1, -0.05) is 6.07 Å². The van der Waals surface area contributed by atoms with Crippen molar-refractivity contribution in [3.8, 4) is 11.5 Å². The van der Waals surface area contributed by atoms with Crippen LogP contribution in [-0.4, -0.2) is 49.5 Å². The average Bonchev–Trinajstić information content (AvgIpc) is 3.26. The molecule has 0 atom stereocenters. The van der Waals surface area contributed by atoms with Crippen molar-refractivity contribution < 1.29 is 22.7 Å². The Morgan fingerprint density at radius 3 is 2.79 bits per heavy atom. The largest absolute Gasteiger partial charge is 0.433 e. The van der Waals surface area contributed by atoms with Crippen molar-refractivity contribution in [2.24, 2.45) is 0 Å². The van der Waals surface area contributed by atoms with Crippen molar-refractivity contribution in [2.75, 3.05) is 24.4 Å². The fourth-order valence-electron chi connectivity index (χ4n) is 2.87. The predicted octanol–water partition coefficient (Wildman–Crippen LogP) is 3.55. The van der Waals surface area contributed by atoms with Crippen LogP contribution in [0.2, 0.25) is 0 Å². The smallest absolute Gasteiger partial charge is 0.384 e. The molecule has 0 radical (unpaired) electrons. The molecule has 4 aromatic rings. The minimum Gasteiger partial charge on any atom is -0.384 e. The summed E-state index contributed by atoms with van der Waals surface area (Å²) in [6, 6.07) is 6.70. The van der Waals surface area contributed by atoms with E-state index in [4.69, 9.17) is 4.74 Å². The Hall–Kier alpha value is -4.13. The lowest BCUT2D eigenvalue weighted by atomic mass is 10.2. The maximum atomic E-state index is 13.1. The number of amides is 1. The van der Waals surface area contributed by atoms with Crippen LogP contribution in [0.1, 0.15) is 12.1 Å². The zero-order chi connectivity index (χ0) is 23.4. The number of alkyl halides is 3. The Labute approximate surface area is 184 Å². The van der Waals surface area contributed by atoms with E-state index < -0.39 is 11.9 Å². The van der Waals surface area contributed by atoms with Crippen LogP contribution in [0.5, 0.6) is 0 Å². The van der Waals surface area contributed by atoms with Crippen molar-refractivity contribution in [1.82, 2.24) is 29.9 Å². The molecule has 3 N–H and O–H groups in total. The minimum absolute atomic E-state index is 0.0367. The number of fused-ring (bicyclic) bond motifs is 1. The number of methoxy groups -OCH3 is 1. The molecule has 170 valence electrons. The normalized spacial score (nSPS) is 11.5. The van der Waals surface area contributed by atoms with Crippen LogP contribution in [0.4, 0.5) is 30.5 Å². The molecule has 0 aliphatic heterocycles. The number of nitrogens with zero attached hydrogens (tertiary/aromatic N) is 5. The van der Waals surface area contributed by atoms with E-state index in [0.29, 0.717) is 17.0 Å². The van der Waals surface area contributed by atoms with Gasteiger partial charge in [-0.3, -0.25) is 4.79 Å². The number of carbonyl (C=O) groups is 1. The fraction of sp³-hybridized carbons (Fsp3) is 0.200. The molecule has 1 amide bonds. The lowest BCUT2D eigenvalue weighted by Crippen LogP contribution is -2.14. The van der Waals surface area contributed by atoms with Crippen molar-refractivity contribution in [3.63, 3.8) is 0 Å². The van der Waals surface area contributed by atoms with Crippen molar-refractivity contribution in [2.45, 2.75) is 12.6 Å². The lowest BCUT2D eigenvalue weighted by Gasteiger charge is -2.11. The zero-order valence-electron chi connectivity index (χ0n) is 17.1. The summed E-state index contributed by atoms with van der Waals surface area (Å²) in [4.78, 5) is 35.2. The van der Waals surface area contributed by atoms with Gasteiger partial charge in [0.05, 0.1) is 19.4 Å². The second-order valence-corrected chi connectivity index (χ2v) is 6.75. The van der Waals surface area contributed by atoms with E-state index in [1.807, 2.05) is 0 Å². The first-order chi connectivity index (χ1) is 15.8. The van der Waals surface area contributed by atoms with Gasteiger partial charge in [-0.15, -0.1) is 0 Å². The van der Waals surface area contributed by atoms with Gasteiger partial charge in [0.15, 0.2) is 17.3 Å². The van der Waals surface area contributed by atoms with Gasteiger partial charge in [0.1, 0.15) is 22.7 Å². The number of carbonyl (C=O) groups excluding carboxylic acids is 1. The SMILES string of the molecule is COCCC(=O)Nc1cc(Nc2nc(-c3cccc(C(F)(F)F)n3)nc3nc[nH]c23)ccn1. The molecule has 0 aromatic carbocycles. The summed E-state index contributed by atoms with van der Waals surface area (Å²) in [6.45, 7) is 0.273. The number of aromatic nitrogens is 6. The monoisotopic (exact) mass is 458 g/mol. The Balaban J connectivity index is 1.65. The van der Waals surface area contributed by atoms with E-state index in [1.165, 1.54) is 31.8 Å². The maximum Gasteiger partial charge on any atom is 0.433 e. The molecule has 4 rings (SSSR count). The van der Waals surface area contributed by atoms with Crippen LogP contribution < -0.4 is 10.6 Å². The third kappa shape index (κ3) is 5.20. The molecule has 0 aliphatic rings. The van der Waals surface area contributed by atoms with Crippen LogP contribution >= 0.6 is 0 Å². The van der Waals surface area contributed by atoms with Gasteiger partial charge in [0.25, 0.3) is 0 Å². The predicted molar refractivity (Wildman–Crippen MR) is 113 cm³/mol. The van der Waals surface area contributed by atoms with Gasteiger partial charge in [0.2, 0.25) is 5.91 Å². The Bertz CT molecular complexity index is 1290. The molecule has 13 heteroatoms. The Morgan fingerprint density at radius 2 is 2.00 bits per heavy atom. The molecule has 0 bridgehead atoms. The number of rotatable bonds is 7. The van der Waals surface area contributed by atoms with Gasteiger partial charge in [-0.2, -0.15) is 13.2 Å². The molecule has 33 heavy (non-hydrogen) atoms. The van der Waals surface area contributed by atoms with Crippen molar-refractivity contribution in [1.29, 1.82) is 0 Å². The fourth-order valence-corrected chi connectivity index (χ4v) is 2.87. The van der Waals surface area contributed by atoms with Crippen LogP contribution in [0.15, 0.2) is 42.9 Å². The van der Waals surface area contributed by atoms with Gasteiger partial charge >= 0.3 is 6.18 Å². The number of hydrogen-bond acceptors (Lipinski definition) is 8. The molecular formula is C20H17F3N8O2. The third-order valence-corrected chi connectivity index (χ3v) is 4.38. The second-order valence-electron chi connectivity index (χ2n) is 6.75. The van der Waals surface area contributed by atoms with E-state index in [1.54, 1.807) is 12.1 Å². The van der Waals surface area contributed by atoms with Crippen LogP contribution in [0, 0.1) is 0 Å². The lowest BCUT2D eigenvalue weighted by molar-refractivity contribution is -0.141. The number of anilines is 3. The van der Waals surface area contributed by atoms with Gasteiger partial charge < -0.3 is 20.4 Å². The first kappa shape index (κ1) is 22.1. The molecular weight excluding hydrogens is 441 g/mol. The topological polar surface area (TPSA) is 131 Å². The molecule has 0 saturated carbocycles. The van der Waals surface area contributed by atoms with E-state index in [9.17, 15) is 18.0 Å². The first-order valence-corrected chi connectivity index (χ1v) is 9.61. The quantitative estimate of drug-likeness (QED) is 0.383. The van der Waals surface area contributed by atoms with Gasteiger partial charge in [0, 0.05) is 25.1 Å². The summed E-state index contributed by atoms with van der Waals surface area (Å²) < 4.78 is 44.1. The molecule has 4 aromatic heterocycles. The molecule has 0 fully saturated rings. The molecule has 0 unspecified atom stereocenters. The highest BCUT2D eigenvalue weighted by molar-refractivity contribution is 5.91. The number of nitrogens with one attached hydrogen (secondary N) is 3. The average molecular weight is 458 g/mol.